The highest BCUT2D eigenvalue weighted by Crippen LogP contribution is 2.25. The van der Waals surface area contributed by atoms with Gasteiger partial charge in [0.25, 0.3) is 0 Å². The lowest BCUT2D eigenvalue weighted by molar-refractivity contribution is -0.125. The van der Waals surface area contributed by atoms with E-state index in [-0.39, 0.29) is 0 Å². The number of aryl methyl sites for hydroxylation is 1. The number of Topliss-reactive ketones (excluding diaryl/α,β-unsaturated/α-hetero) is 1. The summed E-state index contributed by atoms with van der Waals surface area (Å²) >= 11 is 0. The Morgan fingerprint density at radius 3 is 2.60 bits per heavy atom. The molecule has 1 heterocycles. The molecule has 1 aromatic carbocycles. The van der Waals surface area contributed by atoms with Crippen LogP contribution in [0.3, 0.4) is 0 Å². The van der Waals surface area contributed by atoms with Crippen molar-refractivity contribution in [2.24, 2.45) is 5.92 Å². The number of hydrogen-bond donors (Lipinski definition) is 0. The van der Waals surface area contributed by atoms with E-state index in [4.69, 9.17) is 0 Å². The van der Waals surface area contributed by atoms with Crippen LogP contribution in [0.5, 0.6) is 0 Å². The fourth-order valence-corrected chi connectivity index (χ4v) is 3.68. The molecule has 0 spiro atoms. The van der Waals surface area contributed by atoms with Crippen LogP contribution in [0.25, 0.3) is 0 Å². The highest BCUT2D eigenvalue weighted by atomic mass is 16.1. The number of carbonyl (C=O) groups excluding carboxylic acids is 1. The standard InChI is InChI=1S/C18H25NO/c20-18(16-8-2-1-3-9-16)14-19-12-6-11-15-7-4-5-10-17(15)13-19/h4-5,7,10,16H,1-3,6,8-9,11-14H2. The summed E-state index contributed by atoms with van der Waals surface area (Å²) in [5, 5.41) is 0. The van der Waals surface area contributed by atoms with Crippen molar-refractivity contribution >= 4 is 5.78 Å². The predicted molar refractivity (Wildman–Crippen MR) is 81.6 cm³/mol. The van der Waals surface area contributed by atoms with E-state index >= 15 is 0 Å². The number of fused-ring (bicyclic) bond motifs is 1. The van der Waals surface area contributed by atoms with Gasteiger partial charge in [-0.3, -0.25) is 9.69 Å². The molecule has 0 amide bonds. The molecule has 20 heavy (non-hydrogen) atoms. The normalized spacial score (nSPS) is 21.2. The summed E-state index contributed by atoms with van der Waals surface area (Å²) < 4.78 is 0. The fourth-order valence-electron chi connectivity index (χ4n) is 3.68. The van der Waals surface area contributed by atoms with E-state index in [2.05, 4.69) is 29.2 Å². The monoisotopic (exact) mass is 271 g/mol. The van der Waals surface area contributed by atoms with Crippen molar-refractivity contribution < 1.29 is 4.79 Å². The molecule has 0 unspecified atom stereocenters. The molecule has 0 saturated heterocycles. The van der Waals surface area contributed by atoms with Crippen LogP contribution in [0.15, 0.2) is 24.3 Å². The van der Waals surface area contributed by atoms with Gasteiger partial charge in [-0.1, -0.05) is 43.5 Å². The van der Waals surface area contributed by atoms with Crippen molar-refractivity contribution in [3.05, 3.63) is 35.4 Å². The second kappa shape index (κ2) is 6.53. The summed E-state index contributed by atoms with van der Waals surface area (Å²) in [5.41, 5.74) is 2.89. The summed E-state index contributed by atoms with van der Waals surface area (Å²) in [4.78, 5) is 14.8. The van der Waals surface area contributed by atoms with Gasteiger partial charge in [-0.15, -0.1) is 0 Å². The Hall–Kier alpha value is -1.15. The lowest BCUT2D eigenvalue weighted by Crippen LogP contribution is -2.33. The van der Waals surface area contributed by atoms with Gasteiger partial charge in [0.1, 0.15) is 5.78 Å². The van der Waals surface area contributed by atoms with Crippen molar-refractivity contribution in [2.75, 3.05) is 13.1 Å². The minimum Gasteiger partial charge on any atom is -0.298 e. The van der Waals surface area contributed by atoms with Crippen molar-refractivity contribution in [3.8, 4) is 0 Å². The van der Waals surface area contributed by atoms with Crippen LogP contribution in [-0.4, -0.2) is 23.8 Å². The lowest BCUT2D eigenvalue weighted by Gasteiger charge is -2.25. The molecule has 108 valence electrons. The summed E-state index contributed by atoms with van der Waals surface area (Å²) in [6, 6.07) is 8.70. The van der Waals surface area contributed by atoms with Gasteiger partial charge in [-0.25, -0.2) is 0 Å². The van der Waals surface area contributed by atoms with Crippen LogP contribution in [0, 0.1) is 5.92 Å². The molecule has 2 aliphatic rings. The smallest absolute Gasteiger partial charge is 0.149 e. The summed E-state index contributed by atoms with van der Waals surface area (Å²) in [6.45, 7) is 2.68. The van der Waals surface area contributed by atoms with Crippen molar-refractivity contribution in [1.29, 1.82) is 0 Å². The zero-order valence-corrected chi connectivity index (χ0v) is 12.3. The van der Waals surface area contributed by atoms with Gasteiger partial charge in [0.15, 0.2) is 0 Å². The van der Waals surface area contributed by atoms with E-state index in [1.54, 1.807) is 0 Å². The number of benzene rings is 1. The Labute approximate surface area is 122 Å². The summed E-state index contributed by atoms with van der Waals surface area (Å²) in [5.74, 6) is 0.839. The Balaban J connectivity index is 1.61. The zero-order valence-electron chi connectivity index (χ0n) is 12.3. The first-order valence-electron chi connectivity index (χ1n) is 8.15. The second-order valence-electron chi connectivity index (χ2n) is 6.38. The molecule has 1 aromatic rings. The van der Waals surface area contributed by atoms with E-state index in [1.807, 2.05) is 0 Å². The average molecular weight is 271 g/mol. The number of nitrogens with zero attached hydrogens (tertiary/aromatic N) is 1. The number of hydrogen-bond acceptors (Lipinski definition) is 2. The van der Waals surface area contributed by atoms with Crippen LogP contribution in [0.4, 0.5) is 0 Å². The molecular weight excluding hydrogens is 246 g/mol. The molecular formula is C18H25NO. The van der Waals surface area contributed by atoms with Crippen LogP contribution in [0.2, 0.25) is 0 Å². The van der Waals surface area contributed by atoms with Crippen molar-refractivity contribution in [1.82, 2.24) is 4.90 Å². The molecule has 3 rings (SSSR count). The van der Waals surface area contributed by atoms with E-state index in [1.165, 1.54) is 36.8 Å². The molecule has 0 N–H and O–H groups in total. The van der Waals surface area contributed by atoms with Crippen molar-refractivity contribution in [2.45, 2.75) is 51.5 Å². The van der Waals surface area contributed by atoms with E-state index in [0.717, 1.165) is 32.4 Å². The Kier molecular flexibility index (Phi) is 4.51. The maximum atomic E-state index is 12.4. The van der Waals surface area contributed by atoms with Crippen molar-refractivity contribution in [3.63, 3.8) is 0 Å². The van der Waals surface area contributed by atoms with E-state index in [9.17, 15) is 4.79 Å². The zero-order chi connectivity index (χ0) is 13.8. The average Bonchev–Trinajstić information content (AvgIpc) is 2.69. The quantitative estimate of drug-likeness (QED) is 0.837. The predicted octanol–water partition coefficient (Wildman–Crippen LogP) is 3.58. The van der Waals surface area contributed by atoms with Gasteiger partial charge in [0.2, 0.25) is 0 Å². The Morgan fingerprint density at radius 1 is 1.05 bits per heavy atom. The minimum absolute atomic E-state index is 0.349. The van der Waals surface area contributed by atoms with Gasteiger partial charge in [0.05, 0.1) is 6.54 Å². The second-order valence-corrected chi connectivity index (χ2v) is 6.38. The fraction of sp³-hybridized carbons (Fsp3) is 0.611. The molecule has 0 aromatic heterocycles. The maximum absolute atomic E-state index is 12.4. The summed E-state index contributed by atoms with van der Waals surface area (Å²) in [6.07, 6.45) is 8.41. The first-order valence-corrected chi connectivity index (χ1v) is 8.15. The SMILES string of the molecule is O=C(CN1CCCc2ccccc2C1)C1CCCCC1. The molecule has 2 nitrogen and oxygen atoms in total. The van der Waals surface area contributed by atoms with Gasteiger partial charge in [0, 0.05) is 12.5 Å². The number of rotatable bonds is 3. The first kappa shape index (κ1) is 13.8. The van der Waals surface area contributed by atoms with Crippen LogP contribution < -0.4 is 0 Å². The van der Waals surface area contributed by atoms with Gasteiger partial charge in [-0.05, 0) is 43.4 Å². The summed E-state index contributed by atoms with van der Waals surface area (Å²) in [7, 11) is 0. The third-order valence-corrected chi connectivity index (χ3v) is 4.87. The molecule has 0 radical (unpaired) electrons. The van der Waals surface area contributed by atoms with Crippen LogP contribution in [-0.2, 0) is 17.8 Å². The van der Waals surface area contributed by atoms with E-state index in [0.29, 0.717) is 18.2 Å². The van der Waals surface area contributed by atoms with Gasteiger partial charge < -0.3 is 0 Å². The third kappa shape index (κ3) is 3.29. The Morgan fingerprint density at radius 2 is 1.80 bits per heavy atom. The topological polar surface area (TPSA) is 20.3 Å². The van der Waals surface area contributed by atoms with Gasteiger partial charge >= 0.3 is 0 Å². The van der Waals surface area contributed by atoms with Crippen LogP contribution >= 0.6 is 0 Å². The molecule has 1 fully saturated rings. The number of carbonyl (C=O) groups is 1. The van der Waals surface area contributed by atoms with Crippen LogP contribution in [0.1, 0.15) is 49.7 Å². The van der Waals surface area contributed by atoms with Gasteiger partial charge in [-0.2, -0.15) is 0 Å². The molecule has 0 bridgehead atoms. The lowest BCUT2D eigenvalue weighted by atomic mass is 9.86. The molecule has 1 aliphatic carbocycles. The third-order valence-electron chi connectivity index (χ3n) is 4.87. The maximum Gasteiger partial charge on any atom is 0.149 e. The molecule has 0 atom stereocenters. The molecule has 1 aliphatic heterocycles. The largest absolute Gasteiger partial charge is 0.298 e. The highest BCUT2D eigenvalue weighted by Gasteiger charge is 2.24. The number of ketones is 1. The molecule has 1 saturated carbocycles. The first-order chi connectivity index (χ1) is 9.83. The minimum atomic E-state index is 0.349. The van der Waals surface area contributed by atoms with E-state index < -0.39 is 0 Å². The highest BCUT2D eigenvalue weighted by molar-refractivity contribution is 5.83. The Bertz CT molecular complexity index is 462. The molecule has 2 heteroatoms.